The summed E-state index contributed by atoms with van der Waals surface area (Å²) in [4.78, 5) is 29.1. The predicted molar refractivity (Wildman–Crippen MR) is 66.5 cm³/mol. The standard InChI is InChI=1S/3C3H7NO.ClH/c3*1-3(5)2-4;/h3*2,4H2,1H3;1H. The van der Waals surface area contributed by atoms with E-state index in [4.69, 9.17) is 17.2 Å². The Balaban J connectivity index is -0.0000000655. The second-order valence-corrected chi connectivity index (χ2v) is 2.72. The van der Waals surface area contributed by atoms with Gasteiger partial charge in [0, 0.05) is 0 Å². The van der Waals surface area contributed by atoms with Gasteiger partial charge in [-0.05, 0) is 20.8 Å². The zero-order chi connectivity index (χ0) is 12.9. The highest BCUT2D eigenvalue weighted by Gasteiger charge is 1.77. The Morgan fingerprint density at radius 3 is 0.750 bits per heavy atom. The van der Waals surface area contributed by atoms with Crippen molar-refractivity contribution in [3.63, 3.8) is 0 Å². The van der Waals surface area contributed by atoms with Gasteiger partial charge in [-0.2, -0.15) is 0 Å². The first-order valence-electron chi connectivity index (χ1n) is 4.40. The van der Waals surface area contributed by atoms with Gasteiger partial charge in [-0.15, -0.1) is 12.4 Å². The molecule has 6 nitrogen and oxygen atoms in total. The van der Waals surface area contributed by atoms with Crippen LogP contribution in [-0.4, -0.2) is 37.0 Å². The highest BCUT2D eigenvalue weighted by atomic mass is 35.5. The first kappa shape index (κ1) is 24.4. The molecule has 0 heterocycles. The number of hydrogen-bond donors (Lipinski definition) is 3. The van der Waals surface area contributed by atoms with Crippen molar-refractivity contribution in [2.24, 2.45) is 17.2 Å². The summed E-state index contributed by atoms with van der Waals surface area (Å²) in [7, 11) is 0. The van der Waals surface area contributed by atoms with E-state index in [1.807, 2.05) is 0 Å². The van der Waals surface area contributed by atoms with Gasteiger partial charge < -0.3 is 17.2 Å². The molecule has 0 aliphatic carbocycles. The molecule has 0 saturated carbocycles. The van der Waals surface area contributed by atoms with Crippen molar-refractivity contribution in [2.45, 2.75) is 20.8 Å². The van der Waals surface area contributed by atoms with Crippen molar-refractivity contribution in [1.29, 1.82) is 0 Å². The van der Waals surface area contributed by atoms with E-state index in [-0.39, 0.29) is 49.4 Å². The lowest BCUT2D eigenvalue weighted by Gasteiger charge is -1.73. The molecule has 0 amide bonds. The Hall–Kier alpha value is -0.820. The Bertz CT molecular complexity index is 165. The van der Waals surface area contributed by atoms with Crippen molar-refractivity contribution in [2.75, 3.05) is 19.6 Å². The fourth-order valence-electron chi connectivity index (χ4n) is 0. The fraction of sp³-hybridized carbons (Fsp3) is 0.667. The van der Waals surface area contributed by atoms with E-state index in [0.717, 1.165) is 0 Å². The monoisotopic (exact) mass is 255 g/mol. The topological polar surface area (TPSA) is 129 Å². The van der Waals surface area contributed by atoms with Gasteiger partial charge >= 0.3 is 0 Å². The van der Waals surface area contributed by atoms with Crippen LogP contribution in [0.4, 0.5) is 0 Å². The number of ketones is 3. The average molecular weight is 256 g/mol. The van der Waals surface area contributed by atoms with E-state index in [1.165, 1.54) is 20.8 Å². The number of halogens is 1. The Morgan fingerprint density at radius 1 is 0.688 bits per heavy atom. The molecule has 0 bridgehead atoms. The summed E-state index contributed by atoms with van der Waals surface area (Å²) in [6, 6.07) is 0. The minimum absolute atomic E-state index is 0. The molecule has 0 rings (SSSR count). The van der Waals surface area contributed by atoms with Gasteiger partial charge in [0.15, 0.2) is 0 Å². The lowest BCUT2D eigenvalue weighted by molar-refractivity contribution is -0.116. The zero-order valence-corrected chi connectivity index (χ0v) is 10.8. The summed E-state index contributed by atoms with van der Waals surface area (Å²) in [5.74, 6) is 0.0972. The number of carbonyl (C=O) groups is 3. The molecule has 0 radical (unpaired) electrons. The van der Waals surface area contributed by atoms with Crippen LogP contribution in [0.25, 0.3) is 0 Å². The van der Waals surface area contributed by atoms with E-state index in [1.54, 1.807) is 0 Å². The van der Waals surface area contributed by atoms with Gasteiger partial charge in [-0.3, -0.25) is 14.4 Å². The number of rotatable bonds is 3. The molecule has 0 aromatic carbocycles. The summed E-state index contributed by atoms with van der Waals surface area (Å²) in [6.45, 7) is 4.88. The first-order valence-corrected chi connectivity index (χ1v) is 4.40. The molecule has 0 aromatic rings. The molecular formula is C9H22ClN3O3. The summed E-state index contributed by atoms with van der Waals surface area (Å²) >= 11 is 0. The Kier molecular flexibility index (Phi) is 30.1. The highest BCUT2D eigenvalue weighted by molar-refractivity contribution is 5.85. The molecule has 0 spiro atoms. The van der Waals surface area contributed by atoms with Crippen LogP contribution < -0.4 is 17.2 Å². The van der Waals surface area contributed by atoms with Crippen LogP contribution in [0.3, 0.4) is 0 Å². The zero-order valence-electron chi connectivity index (χ0n) is 9.99. The maximum absolute atomic E-state index is 9.69. The molecule has 0 aliphatic heterocycles. The quantitative estimate of drug-likeness (QED) is 0.595. The maximum Gasteiger partial charge on any atom is 0.143 e. The van der Waals surface area contributed by atoms with Crippen molar-refractivity contribution in [3.05, 3.63) is 0 Å². The minimum Gasteiger partial charge on any atom is -0.324 e. The lowest BCUT2D eigenvalue weighted by atomic mass is 10.5. The van der Waals surface area contributed by atoms with Gasteiger partial charge in [-0.25, -0.2) is 0 Å². The molecule has 0 unspecified atom stereocenters. The normalized spacial score (nSPS) is 7.12. The van der Waals surface area contributed by atoms with Crippen LogP contribution in [0.15, 0.2) is 0 Å². The summed E-state index contributed by atoms with van der Waals surface area (Å²) in [5, 5.41) is 0. The summed E-state index contributed by atoms with van der Waals surface area (Å²) < 4.78 is 0. The van der Waals surface area contributed by atoms with Crippen molar-refractivity contribution in [3.8, 4) is 0 Å². The van der Waals surface area contributed by atoms with Gasteiger partial charge in [0.1, 0.15) is 17.3 Å². The number of Topliss-reactive ketones (excluding diaryl/α,β-unsaturated/α-hetero) is 3. The van der Waals surface area contributed by atoms with E-state index in [0.29, 0.717) is 0 Å². The third-order valence-electron chi connectivity index (χ3n) is 0.862. The number of carbonyl (C=O) groups excluding carboxylic acids is 3. The third kappa shape index (κ3) is 72.9. The van der Waals surface area contributed by atoms with E-state index in [2.05, 4.69) is 0 Å². The number of nitrogens with two attached hydrogens (primary N) is 3. The fourth-order valence-corrected chi connectivity index (χ4v) is 0. The van der Waals surface area contributed by atoms with Gasteiger partial charge in [0.2, 0.25) is 0 Å². The van der Waals surface area contributed by atoms with Crippen LogP contribution in [0.2, 0.25) is 0 Å². The maximum atomic E-state index is 9.69. The van der Waals surface area contributed by atoms with E-state index < -0.39 is 0 Å². The second kappa shape index (κ2) is 19.7. The van der Waals surface area contributed by atoms with Crippen LogP contribution in [-0.2, 0) is 14.4 Å². The molecule has 0 fully saturated rings. The predicted octanol–water partition coefficient (Wildman–Crippen LogP) is -0.976. The third-order valence-corrected chi connectivity index (χ3v) is 0.862. The molecular weight excluding hydrogens is 234 g/mol. The molecule has 6 N–H and O–H groups in total. The minimum atomic E-state index is 0. The Morgan fingerprint density at radius 2 is 0.750 bits per heavy atom. The molecule has 0 aliphatic rings. The molecule has 16 heavy (non-hydrogen) atoms. The largest absolute Gasteiger partial charge is 0.324 e. The molecule has 0 aromatic heterocycles. The van der Waals surface area contributed by atoms with E-state index >= 15 is 0 Å². The van der Waals surface area contributed by atoms with E-state index in [9.17, 15) is 14.4 Å². The molecule has 0 atom stereocenters. The molecule has 0 saturated heterocycles. The molecule has 7 heteroatoms. The van der Waals surface area contributed by atoms with Gasteiger partial charge in [-0.1, -0.05) is 0 Å². The van der Waals surface area contributed by atoms with Crippen molar-refractivity contribution >= 4 is 29.8 Å². The van der Waals surface area contributed by atoms with Crippen molar-refractivity contribution in [1.82, 2.24) is 0 Å². The van der Waals surface area contributed by atoms with Crippen LogP contribution in [0, 0.1) is 0 Å². The van der Waals surface area contributed by atoms with Gasteiger partial charge in [0.05, 0.1) is 19.6 Å². The summed E-state index contributed by atoms with van der Waals surface area (Å²) in [6.07, 6.45) is 0. The van der Waals surface area contributed by atoms with Crippen LogP contribution >= 0.6 is 12.4 Å². The number of hydrogen-bond acceptors (Lipinski definition) is 6. The summed E-state index contributed by atoms with van der Waals surface area (Å²) in [5.41, 5.74) is 14.5. The first-order chi connectivity index (χ1) is 6.81. The highest BCUT2D eigenvalue weighted by Crippen LogP contribution is 1.52. The Labute approximate surface area is 102 Å². The van der Waals surface area contributed by atoms with Crippen molar-refractivity contribution < 1.29 is 14.4 Å². The SMILES string of the molecule is CC(=O)CN.CC(=O)CN.CC(=O)CN.Cl. The van der Waals surface area contributed by atoms with Gasteiger partial charge in [0.25, 0.3) is 0 Å². The van der Waals surface area contributed by atoms with Crippen LogP contribution in [0.5, 0.6) is 0 Å². The molecule has 98 valence electrons. The van der Waals surface area contributed by atoms with Crippen LogP contribution in [0.1, 0.15) is 20.8 Å². The lowest BCUT2D eigenvalue weighted by Crippen LogP contribution is -2.07. The smallest absolute Gasteiger partial charge is 0.143 e. The average Bonchev–Trinajstić information content (AvgIpc) is 2.19. The second-order valence-electron chi connectivity index (χ2n) is 2.72.